The Labute approximate surface area is 176 Å². The van der Waals surface area contributed by atoms with Crippen LogP contribution in [0.5, 0.6) is 0 Å². The number of hydrogen-bond acceptors (Lipinski definition) is 4. The summed E-state index contributed by atoms with van der Waals surface area (Å²) in [5.74, 6) is 1.22. The van der Waals surface area contributed by atoms with Crippen LogP contribution in [0.15, 0.2) is 59.5 Å². The molecule has 1 atom stereocenters. The average molecular weight is 421 g/mol. The summed E-state index contributed by atoms with van der Waals surface area (Å²) in [5, 5.41) is 6.73. The highest BCUT2D eigenvalue weighted by Crippen LogP contribution is 2.11. The van der Waals surface area contributed by atoms with E-state index in [2.05, 4.69) is 47.5 Å². The van der Waals surface area contributed by atoms with E-state index in [-0.39, 0.29) is 0 Å². The summed E-state index contributed by atoms with van der Waals surface area (Å²) in [7, 11) is -1.40. The Kier molecular flexibility index (Phi) is 10.7. The van der Waals surface area contributed by atoms with Gasteiger partial charge in [0.05, 0.1) is 4.90 Å². The Hall–Kier alpha value is -2.12. The number of hydrogen-bond donors (Lipinski definition) is 2. The molecule has 0 aliphatic carbocycles. The molecule has 162 valence electrons. The lowest BCUT2D eigenvalue weighted by Gasteiger charge is -2.33. The fourth-order valence-electron chi connectivity index (χ4n) is 3.11. The highest BCUT2D eigenvalue weighted by atomic mass is 32.2. The fourth-order valence-corrected chi connectivity index (χ4v) is 3.74. The molecule has 0 saturated carbocycles. The minimum absolute atomic E-state index is 0.327. The normalized spacial score (nSPS) is 13.4. The maximum absolute atomic E-state index is 11.5. The second-order valence-corrected chi connectivity index (χ2v) is 9.40. The quantitative estimate of drug-likeness (QED) is 0.309. The lowest BCUT2D eigenvalue weighted by molar-refractivity contribution is 0.190. The monoisotopic (exact) mass is 420 g/mol. The van der Waals surface area contributed by atoms with Crippen molar-refractivity contribution in [2.24, 2.45) is 10.9 Å². The Morgan fingerprint density at radius 1 is 1.14 bits per heavy atom. The predicted molar refractivity (Wildman–Crippen MR) is 123 cm³/mol. The zero-order valence-corrected chi connectivity index (χ0v) is 19.0. The van der Waals surface area contributed by atoms with Crippen LogP contribution in [-0.2, 0) is 16.3 Å². The second kappa shape index (κ2) is 12.4. The third-order valence-electron chi connectivity index (χ3n) is 4.73. The molecule has 7 heteroatoms. The fraction of sp³-hybridized carbons (Fsp3) is 0.500. The minimum Gasteiger partial charge on any atom is -0.356 e. The average Bonchev–Trinajstić information content (AvgIpc) is 2.66. The van der Waals surface area contributed by atoms with Gasteiger partial charge in [-0.25, -0.2) is 8.42 Å². The molecule has 0 fully saturated rings. The largest absolute Gasteiger partial charge is 0.356 e. The molecule has 29 heavy (non-hydrogen) atoms. The number of aliphatic imine (C=N–C) groups is 1. The molecule has 2 N–H and O–H groups in total. The Morgan fingerprint density at radius 2 is 1.72 bits per heavy atom. The molecule has 1 unspecified atom stereocenters. The molecule has 0 aliphatic heterocycles. The summed E-state index contributed by atoms with van der Waals surface area (Å²) < 4.78 is 23.1. The van der Waals surface area contributed by atoms with E-state index in [1.807, 2.05) is 24.3 Å². The third-order valence-corrected chi connectivity index (χ3v) is 5.85. The number of sulfone groups is 1. The topological polar surface area (TPSA) is 73.8 Å². The van der Waals surface area contributed by atoms with Crippen molar-refractivity contribution < 1.29 is 8.42 Å². The van der Waals surface area contributed by atoms with Crippen molar-refractivity contribution in [2.75, 3.05) is 39.5 Å². The Balaban J connectivity index is 2.58. The van der Waals surface area contributed by atoms with Gasteiger partial charge in [0, 0.05) is 45.5 Å². The van der Waals surface area contributed by atoms with E-state index >= 15 is 0 Å². The number of nitrogens with one attached hydrogen (secondary N) is 2. The van der Waals surface area contributed by atoms with Gasteiger partial charge in [0.2, 0.25) is 0 Å². The number of rotatable bonds is 12. The molecule has 0 spiro atoms. The van der Waals surface area contributed by atoms with Gasteiger partial charge in [-0.05, 0) is 30.0 Å². The molecule has 1 aromatic carbocycles. The van der Waals surface area contributed by atoms with Gasteiger partial charge in [-0.1, -0.05) is 38.1 Å². The van der Waals surface area contributed by atoms with Gasteiger partial charge in [0.15, 0.2) is 15.8 Å². The van der Waals surface area contributed by atoms with Gasteiger partial charge >= 0.3 is 0 Å². The summed E-state index contributed by atoms with van der Waals surface area (Å²) >= 11 is 0. The number of guanidine groups is 1. The van der Waals surface area contributed by atoms with E-state index in [1.165, 1.54) is 6.26 Å². The van der Waals surface area contributed by atoms with Crippen LogP contribution in [0.2, 0.25) is 0 Å². The first-order valence-corrected chi connectivity index (χ1v) is 11.8. The van der Waals surface area contributed by atoms with Crippen LogP contribution < -0.4 is 10.6 Å². The van der Waals surface area contributed by atoms with Crippen LogP contribution in [0.25, 0.3) is 0 Å². The lowest BCUT2D eigenvalue weighted by atomic mass is 10.0. The number of nitrogens with zero attached hydrogens (tertiary/aromatic N) is 2. The Bertz CT molecular complexity index is 761. The van der Waals surface area contributed by atoms with Crippen molar-refractivity contribution in [3.63, 3.8) is 0 Å². The van der Waals surface area contributed by atoms with Gasteiger partial charge < -0.3 is 10.6 Å². The minimum atomic E-state index is -3.16. The van der Waals surface area contributed by atoms with Crippen LogP contribution >= 0.6 is 0 Å². The van der Waals surface area contributed by atoms with Crippen molar-refractivity contribution in [2.45, 2.75) is 31.2 Å². The van der Waals surface area contributed by atoms with Crippen LogP contribution in [0, 0.1) is 5.92 Å². The van der Waals surface area contributed by atoms with E-state index in [4.69, 9.17) is 0 Å². The molecular weight excluding hydrogens is 384 g/mol. The van der Waals surface area contributed by atoms with E-state index in [0.717, 1.165) is 37.6 Å². The van der Waals surface area contributed by atoms with Gasteiger partial charge in [-0.15, -0.1) is 13.2 Å². The molecule has 1 rings (SSSR count). The maximum atomic E-state index is 11.5. The van der Waals surface area contributed by atoms with Crippen molar-refractivity contribution in [3.05, 3.63) is 55.1 Å². The first-order chi connectivity index (χ1) is 13.7. The second-order valence-electron chi connectivity index (χ2n) is 7.39. The Morgan fingerprint density at radius 3 is 2.17 bits per heavy atom. The van der Waals surface area contributed by atoms with E-state index < -0.39 is 9.84 Å². The third kappa shape index (κ3) is 8.83. The van der Waals surface area contributed by atoms with Crippen molar-refractivity contribution in [1.29, 1.82) is 0 Å². The molecular formula is C22H36N4O2S. The van der Waals surface area contributed by atoms with E-state index in [1.54, 1.807) is 19.2 Å². The maximum Gasteiger partial charge on any atom is 0.191 e. The smallest absolute Gasteiger partial charge is 0.191 e. The zero-order chi connectivity index (χ0) is 21.9. The molecule has 0 aromatic heterocycles. The van der Waals surface area contributed by atoms with Gasteiger partial charge in [-0.2, -0.15) is 0 Å². The van der Waals surface area contributed by atoms with E-state index in [9.17, 15) is 8.42 Å². The number of benzene rings is 1. The van der Waals surface area contributed by atoms with Crippen LogP contribution in [0.4, 0.5) is 0 Å². The molecule has 6 nitrogen and oxygen atoms in total. The molecule has 0 radical (unpaired) electrons. The van der Waals surface area contributed by atoms with Crippen LogP contribution in [-0.4, -0.2) is 64.8 Å². The standard InChI is InChI=1S/C22H36N4O2S/c1-7-15-26(16-8-2)21(18(3)4)17-25-22(23-5)24-14-13-19-9-11-20(12-10-19)29(6,27)28/h7-12,18,21H,1-2,13-17H2,3-6H3,(H2,23,24,25). The lowest BCUT2D eigenvalue weighted by Crippen LogP contribution is -2.49. The van der Waals surface area contributed by atoms with Crippen molar-refractivity contribution in [1.82, 2.24) is 15.5 Å². The van der Waals surface area contributed by atoms with Crippen LogP contribution in [0.1, 0.15) is 19.4 Å². The van der Waals surface area contributed by atoms with Crippen molar-refractivity contribution >= 4 is 15.8 Å². The molecule has 1 aromatic rings. The molecule has 0 saturated heterocycles. The summed E-state index contributed by atoms with van der Waals surface area (Å²) in [4.78, 5) is 6.99. The van der Waals surface area contributed by atoms with E-state index in [0.29, 0.717) is 23.4 Å². The molecule has 0 amide bonds. The van der Waals surface area contributed by atoms with Gasteiger partial charge in [0.1, 0.15) is 0 Å². The van der Waals surface area contributed by atoms with Gasteiger partial charge in [-0.3, -0.25) is 9.89 Å². The molecule has 0 bridgehead atoms. The highest BCUT2D eigenvalue weighted by Gasteiger charge is 2.20. The predicted octanol–water partition coefficient (Wildman–Crippen LogP) is 2.50. The SMILES string of the molecule is C=CCN(CC=C)C(CNC(=NC)NCCc1ccc(S(C)(=O)=O)cc1)C(C)C. The van der Waals surface area contributed by atoms with Crippen LogP contribution in [0.3, 0.4) is 0 Å². The first kappa shape index (κ1) is 24.9. The molecule has 0 heterocycles. The summed E-state index contributed by atoms with van der Waals surface area (Å²) in [6, 6.07) is 7.34. The summed E-state index contributed by atoms with van der Waals surface area (Å²) in [6.45, 7) is 15.2. The summed E-state index contributed by atoms with van der Waals surface area (Å²) in [6.07, 6.45) is 5.83. The highest BCUT2D eigenvalue weighted by molar-refractivity contribution is 7.90. The first-order valence-electron chi connectivity index (χ1n) is 9.92. The van der Waals surface area contributed by atoms with Crippen molar-refractivity contribution in [3.8, 4) is 0 Å². The summed E-state index contributed by atoms with van der Waals surface area (Å²) in [5.41, 5.74) is 1.07. The molecule has 0 aliphatic rings. The van der Waals surface area contributed by atoms with Gasteiger partial charge in [0.25, 0.3) is 0 Å². The zero-order valence-electron chi connectivity index (χ0n) is 18.2.